The predicted octanol–water partition coefficient (Wildman–Crippen LogP) is 2.14. The molecule has 2 aromatic rings. The Kier molecular flexibility index (Phi) is 4.28. The van der Waals surface area contributed by atoms with E-state index in [9.17, 15) is 5.11 Å². The molecule has 1 atom stereocenters. The number of aliphatic hydroxyl groups is 1. The first-order valence-electron chi connectivity index (χ1n) is 6.41. The predicted molar refractivity (Wildman–Crippen MR) is 74.6 cm³/mol. The molecule has 96 valence electrons. The quantitative estimate of drug-likeness (QED) is 0.847. The maximum Gasteiger partial charge on any atom is 0.0705 e. The summed E-state index contributed by atoms with van der Waals surface area (Å²) in [4.78, 5) is 4.33. The Hall–Kier alpha value is -1.45. The van der Waals surface area contributed by atoms with Crippen LogP contribution in [0.25, 0.3) is 10.9 Å². The van der Waals surface area contributed by atoms with Gasteiger partial charge >= 0.3 is 0 Å². The van der Waals surface area contributed by atoms with Crippen molar-refractivity contribution in [2.75, 3.05) is 6.54 Å². The average molecular weight is 244 g/mol. The van der Waals surface area contributed by atoms with E-state index in [1.807, 2.05) is 24.3 Å². The molecule has 0 aliphatic heterocycles. The molecule has 3 heteroatoms. The molecular weight excluding hydrogens is 224 g/mol. The lowest BCUT2D eigenvalue weighted by atomic mass is 10.0. The standard InChI is InChI=1S/C15H20N2O/c1-11(2)17-10-13(18)9-12-7-8-16-15-6-4-3-5-14(12)15/h3-8,11,13,17-18H,9-10H2,1-2H3. The third kappa shape index (κ3) is 3.28. The molecular formula is C15H20N2O. The summed E-state index contributed by atoms with van der Waals surface area (Å²) < 4.78 is 0. The molecule has 2 rings (SSSR count). The van der Waals surface area contributed by atoms with Crippen molar-refractivity contribution in [3.8, 4) is 0 Å². The van der Waals surface area contributed by atoms with Gasteiger partial charge in [-0.2, -0.15) is 0 Å². The summed E-state index contributed by atoms with van der Waals surface area (Å²) in [6, 6.07) is 10.4. The van der Waals surface area contributed by atoms with Crippen molar-refractivity contribution >= 4 is 10.9 Å². The molecule has 0 aliphatic rings. The molecule has 1 heterocycles. The molecule has 0 fully saturated rings. The van der Waals surface area contributed by atoms with Gasteiger partial charge in [0.25, 0.3) is 0 Å². The van der Waals surface area contributed by atoms with Crippen LogP contribution in [0.2, 0.25) is 0 Å². The summed E-state index contributed by atoms with van der Waals surface area (Å²) >= 11 is 0. The highest BCUT2D eigenvalue weighted by Gasteiger charge is 2.09. The fourth-order valence-electron chi connectivity index (χ4n) is 2.03. The van der Waals surface area contributed by atoms with Gasteiger partial charge < -0.3 is 10.4 Å². The summed E-state index contributed by atoms with van der Waals surface area (Å²) in [5, 5.41) is 14.4. The first kappa shape index (κ1) is 13.0. The van der Waals surface area contributed by atoms with Crippen molar-refractivity contribution in [2.45, 2.75) is 32.4 Å². The van der Waals surface area contributed by atoms with E-state index in [1.165, 1.54) is 0 Å². The van der Waals surface area contributed by atoms with Crippen LogP contribution >= 0.6 is 0 Å². The number of fused-ring (bicyclic) bond motifs is 1. The highest BCUT2D eigenvalue weighted by Crippen LogP contribution is 2.17. The third-order valence-corrected chi connectivity index (χ3v) is 2.96. The zero-order valence-corrected chi connectivity index (χ0v) is 10.9. The lowest BCUT2D eigenvalue weighted by Crippen LogP contribution is -2.33. The van der Waals surface area contributed by atoms with Gasteiger partial charge in [0.05, 0.1) is 11.6 Å². The number of benzene rings is 1. The van der Waals surface area contributed by atoms with Gasteiger partial charge in [0.15, 0.2) is 0 Å². The third-order valence-electron chi connectivity index (χ3n) is 2.96. The Bertz CT molecular complexity index is 505. The molecule has 0 amide bonds. The summed E-state index contributed by atoms with van der Waals surface area (Å²) in [5.41, 5.74) is 2.14. The van der Waals surface area contributed by atoms with Crippen molar-refractivity contribution in [3.05, 3.63) is 42.1 Å². The zero-order chi connectivity index (χ0) is 13.0. The molecule has 0 saturated heterocycles. The second kappa shape index (κ2) is 5.94. The summed E-state index contributed by atoms with van der Waals surface area (Å²) in [7, 11) is 0. The number of nitrogens with zero attached hydrogens (tertiary/aromatic N) is 1. The lowest BCUT2D eigenvalue weighted by Gasteiger charge is -2.15. The monoisotopic (exact) mass is 244 g/mol. The highest BCUT2D eigenvalue weighted by atomic mass is 16.3. The van der Waals surface area contributed by atoms with Crippen LogP contribution in [0.1, 0.15) is 19.4 Å². The molecule has 0 radical (unpaired) electrons. The molecule has 1 aromatic carbocycles. The summed E-state index contributed by atoms with van der Waals surface area (Å²) in [6.45, 7) is 4.78. The van der Waals surface area contributed by atoms with Crippen LogP contribution < -0.4 is 5.32 Å². The lowest BCUT2D eigenvalue weighted by molar-refractivity contribution is 0.169. The average Bonchev–Trinajstić information content (AvgIpc) is 2.37. The molecule has 0 saturated carbocycles. The first-order chi connectivity index (χ1) is 8.66. The largest absolute Gasteiger partial charge is 0.391 e. The van der Waals surface area contributed by atoms with E-state index in [2.05, 4.69) is 30.2 Å². The van der Waals surface area contributed by atoms with Crippen LogP contribution in [0, 0.1) is 0 Å². The topological polar surface area (TPSA) is 45.1 Å². The van der Waals surface area contributed by atoms with E-state index in [0.717, 1.165) is 16.5 Å². The van der Waals surface area contributed by atoms with E-state index in [4.69, 9.17) is 0 Å². The van der Waals surface area contributed by atoms with Gasteiger partial charge in [0, 0.05) is 30.6 Å². The molecule has 0 aliphatic carbocycles. The molecule has 0 bridgehead atoms. The normalized spacial score (nSPS) is 13.1. The number of nitrogens with one attached hydrogen (secondary N) is 1. The molecule has 2 N–H and O–H groups in total. The van der Waals surface area contributed by atoms with Crippen molar-refractivity contribution in [1.82, 2.24) is 10.3 Å². The molecule has 3 nitrogen and oxygen atoms in total. The van der Waals surface area contributed by atoms with Crippen LogP contribution in [0.3, 0.4) is 0 Å². The number of hydrogen-bond donors (Lipinski definition) is 2. The van der Waals surface area contributed by atoms with Crippen LogP contribution in [-0.2, 0) is 6.42 Å². The minimum Gasteiger partial charge on any atom is -0.391 e. The van der Waals surface area contributed by atoms with Crippen molar-refractivity contribution in [3.63, 3.8) is 0 Å². The highest BCUT2D eigenvalue weighted by molar-refractivity contribution is 5.81. The second-order valence-electron chi connectivity index (χ2n) is 4.91. The Labute approximate surface area is 108 Å². The van der Waals surface area contributed by atoms with Gasteiger partial charge in [-0.25, -0.2) is 0 Å². The maximum atomic E-state index is 10.0. The van der Waals surface area contributed by atoms with E-state index in [1.54, 1.807) is 6.20 Å². The number of para-hydroxylation sites is 1. The molecule has 0 spiro atoms. The fraction of sp³-hybridized carbons (Fsp3) is 0.400. The molecule has 1 unspecified atom stereocenters. The van der Waals surface area contributed by atoms with E-state index >= 15 is 0 Å². The van der Waals surface area contributed by atoms with Gasteiger partial charge in [-0.1, -0.05) is 32.0 Å². The van der Waals surface area contributed by atoms with E-state index < -0.39 is 0 Å². The Morgan fingerprint density at radius 3 is 2.78 bits per heavy atom. The van der Waals surface area contributed by atoms with Gasteiger partial charge in [-0.3, -0.25) is 4.98 Å². The van der Waals surface area contributed by atoms with Crippen LogP contribution in [0.15, 0.2) is 36.5 Å². The number of pyridine rings is 1. The fourth-order valence-corrected chi connectivity index (χ4v) is 2.03. The maximum absolute atomic E-state index is 10.0. The number of rotatable bonds is 5. The minimum atomic E-state index is -0.363. The van der Waals surface area contributed by atoms with Gasteiger partial charge in [0.1, 0.15) is 0 Å². The van der Waals surface area contributed by atoms with Crippen molar-refractivity contribution in [1.29, 1.82) is 0 Å². The Balaban J connectivity index is 2.11. The van der Waals surface area contributed by atoms with Gasteiger partial charge in [-0.15, -0.1) is 0 Å². The number of aromatic nitrogens is 1. The van der Waals surface area contributed by atoms with Crippen LogP contribution in [0.5, 0.6) is 0 Å². The van der Waals surface area contributed by atoms with Crippen molar-refractivity contribution in [2.24, 2.45) is 0 Å². The van der Waals surface area contributed by atoms with Crippen molar-refractivity contribution < 1.29 is 5.11 Å². The number of hydrogen-bond acceptors (Lipinski definition) is 3. The number of aliphatic hydroxyl groups excluding tert-OH is 1. The van der Waals surface area contributed by atoms with Gasteiger partial charge in [0.2, 0.25) is 0 Å². The minimum absolute atomic E-state index is 0.363. The smallest absolute Gasteiger partial charge is 0.0705 e. The molecule has 18 heavy (non-hydrogen) atoms. The van der Waals surface area contributed by atoms with E-state index in [-0.39, 0.29) is 6.10 Å². The SMILES string of the molecule is CC(C)NCC(O)Cc1ccnc2ccccc12. The Morgan fingerprint density at radius 2 is 2.00 bits per heavy atom. The van der Waals surface area contributed by atoms with Gasteiger partial charge in [-0.05, 0) is 17.7 Å². The zero-order valence-electron chi connectivity index (χ0n) is 10.9. The Morgan fingerprint density at radius 1 is 1.22 bits per heavy atom. The van der Waals surface area contributed by atoms with Crippen LogP contribution in [0.4, 0.5) is 0 Å². The summed E-state index contributed by atoms with van der Waals surface area (Å²) in [5.74, 6) is 0. The summed E-state index contributed by atoms with van der Waals surface area (Å²) in [6.07, 6.45) is 2.10. The van der Waals surface area contributed by atoms with E-state index in [0.29, 0.717) is 19.0 Å². The van der Waals surface area contributed by atoms with Crippen LogP contribution in [-0.4, -0.2) is 28.8 Å². The second-order valence-corrected chi connectivity index (χ2v) is 4.91. The first-order valence-corrected chi connectivity index (χ1v) is 6.41. The molecule has 1 aromatic heterocycles.